The minimum Gasteiger partial charge on any atom is -0.379 e. The van der Waals surface area contributed by atoms with Gasteiger partial charge in [0.05, 0.1) is 19.3 Å². The summed E-state index contributed by atoms with van der Waals surface area (Å²) < 4.78 is 11.1. The third-order valence-electron chi connectivity index (χ3n) is 4.98. The second-order valence-electron chi connectivity index (χ2n) is 6.98. The molecule has 0 bridgehead atoms. The van der Waals surface area contributed by atoms with E-state index >= 15 is 0 Å². The van der Waals surface area contributed by atoms with Crippen LogP contribution in [0.1, 0.15) is 38.2 Å². The molecule has 1 saturated carbocycles. The maximum Gasteiger partial charge on any atom is 0.191 e. The average Bonchev–Trinajstić information content (AvgIpc) is 3.27. The van der Waals surface area contributed by atoms with Crippen LogP contribution in [-0.2, 0) is 14.9 Å². The molecule has 2 aliphatic rings. The lowest BCUT2D eigenvalue weighted by atomic mass is 9.96. The van der Waals surface area contributed by atoms with Crippen molar-refractivity contribution in [1.29, 1.82) is 0 Å². The minimum atomic E-state index is 0. The monoisotopic (exact) mass is 473 g/mol. The number of hydrogen-bond acceptors (Lipinski definition) is 3. The molecule has 0 radical (unpaired) electrons. The summed E-state index contributed by atoms with van der Waals surface area (Å²) in [7, 11) is 0. The van der Waals surface area contributed by atoms with Gasteiger partial charge in [0.15, 0.2) is 5.96 Å². The van der Waals surface area contributed by atoms with Gasteiger partial charge in [-0.25, -0.2) is 0 Å². The summed E-state index contributed by atoms with van der Waals surface area (Å²) in [6.45, 7) is 7.06. The number of nitrogens with zero attached hydrogens (tertiary/aromatic N) is 1. The molecular formula is C20H32IN3O2. The van der Waals surface area contributed by atoms with E-state index in [1.807, 2.05) is 0 Å². The van der Waals surface area contributed by atoms with E-state index in [0.29, 0.717) is 6.10 Å². The smallest absolute Gasteiger partial charge is 0.191 e. The molecule has 0 aromatic heterocycles. The van der Waals surface area contributed by atoms with Crippen LogP contribution in [0.3, 0.4) is 0 Å². The Balaban J connectivity index is 0.00000243. The number of rotatable bonds is 9. The summed E-state index contributed by atoms with van der Waals surface area (Å²) in [5.41, 5.74) is 1.68. The molecule has 2 N–H and O–H groups in total. The van der Waals surface area contributed by atoms with E-state index in [1.54, 1.807) is 0 Å². The van der Waals surface area contributed by atoms with E-state index in [9.17, 15) is 0 Å². The predicted octanol–water partition coefficient (Wildman–Crippen LogP) is 3.09. The van der Waals surface area contributed by atoms with Crippen molar-refractivity contribution < 1.29 is 9.47 Å². The van der Waals surface area contributed by atoms with E-state index < -0.39 is 0 Å². The highest BCUT2D eigenvalue weighted by Crippen LogP contribution is 2.48. The number of halogens is 1. The van der Waals surface area contributed by atoms with Crippen molar-refractivity contribution in [2.75, 3.05) is 39.5 Å². The van der Waals surface area contributed by atoms with Crippen molar-refractivity contribution in [3.8, 4) is 0 Å². The molecule has 5 nitrogen and oxygen atoms in total. The maximum absolute atomic E-state index is 5.80. The van der Waals surface area contributed by atoms with E-state index in [2.05, 4.69) is 47.9 Å². The van der Waals surface area contributed by atoms with Crippen LogP contribution in [0, 0.1) is 0 Å². The van der Waals surface area contributed by atoms with E-state index in [0.717, 1.165) is 58.3 Å². The third kappa shape index (κ3) is 6.39. The molecule has 3 rings (SSSR count). The third-order valence-corrected chi connectivity index (χ3v) is 4.98. The van der Waals surface area contributed by atoms with Gasteiger partial charge < -0.3 is 20.1 Å². The summed E-state index contributed by atoms with van der Waals surface area (Å²) >= 11 is 0. The zero-order chi connectivity index (χ0) is 17.4. The second kappa shape index (κ2) is 11.1. The van der Waals surface area contributed by atoms with E-state index in [1.165, 1.54) is 18.4 Å². The molecule has 26 heavy (non-hydrogen) atoms. The molecule has 0 spiro atoms. The summed E-state index contributed by atoms with van der Waals surface area (Å²) in [5.74, 6) is 0.911. The SMILES string of the molecule is CCNC(=NCC1(c2ccccc2)CC1)NCCCOC1CCOC1.I. The molecule has 1 aromatic carbocycles. The van der Waals surface area contributed by atoms with Crippen molar-refractivity contribution in [3.63, 3.8) is 0 Å². The fourth-order valence-electron chi connectivity index (χ4n) is 3.23. The highest BCUT2D eigenvalue weighted by molar-refractivity contribution is 14.0. The van der Waals surface area contributed by atoms with Gasteiger partial charge in [-0.05, 0) is 38.2 Å². The van der Waals surface area contributed by atoms with Crippen molar-refractivity contribution in [1.82, 2.24) is 10.6 Å². The molecule has 1 aliphatic carbocycles. The van der Waals surface area contributed by atoms with E-state index in [-0.39, 0.29) is 29.4 Å². The Hall–Kier alpha value is -0.860. The topological polar surface area (TPSA) is 54.9 Å². The van der Waals surface area contributed by atoms with Crippen LogP contribution in [0.4, 0.5) is 0 Å². The molecule has 1 saturated heterocycles. The molecule has 6 heteroatoms. The first-order valence-corrected chi connectivity index (χ1v) is 9.59. The Morgan fingerprint density at radius 1 is 1.27 bits per heavy atom. The van der Waals surface area contributed by atoms with Gasteiger partial charge in [0.25, 0.3) is 0 Å². The molecule has 1 aromatic rings. The zero-order valence-corrected chi connectivity index (χ0v) is 18.0. The predicted molar refractivity (Wildman–Crippen MR) is 117 cm³/mol. The van der Waals surface area contributed by atoms with Gasteiger partial charge in [-0.2, -0.15) is 0 Å². The number of benzene rings is 1. The van der Waals surface area contributed by atoms with Crippen molar-refractivity contribution in [3.05, 3.63) is 35.9 Å². The fraction of sp³-hybridized carbons (Fsp3) is 0.650. The molecule has 2 fully saturated rings. The number of ether oxygens (including phenoxy) is 2. The molecule has 1 atom stereocenters. The first kappa shape index (κ1) is 21.4. The van der Waals surface area contributed by atoms with Crippen LogP contribution in [-0.4, -0.2) is 51.5 Å². The average molecular weight is 473 g/mol. The first-order valence-electron chi connectivity index (χ1n) is 9.59. The number of hydrogen-bond donors (Lipinski definition) is 2. The Morgan fingerprint density at radius 2 is 2.08 bits per heavy atom. The van der Waals surface area contributed by atoms with Crippen molar-refractivity contribution >= 4 is 29.9 Å². The highest BCUT2D eigenvalue weighted by atomic mass is 127. The fourth-order valence-corrected chi connectivity index (χ4v) is 3.23. The Bertz CT molecular complexity index is 543. The van der Waals surface area contributed by atoms with Crippen molar-refractivity contribution in [2.24, 2.45) is 4.99 Å². The quantitative estimate of drug-likeness (QED) is 0.251. The number of nitrogens with one attached hydrogen (secondary N) is 2. The van der Waals surface area contributed by atoms with Crippen LogP contribution < -0.4 is 10.6 Å². The lowest BCUT2D eigenvalue weighted by Crippen LogP contribution is -2.38. The number of aliphatic imine (C=N–C) groups is 1. The molecule has 0 amide bonds. The van der Waals surface area contributed by atoms with Crippen molar-refractivity contribution in [2.45, 2.75) is 44.1 Å². The highest BCUT2D eigenvalue weighted by Gasteiger charge is 2.43. The summed E-state index contributed by atoms with van der Waals surface area (Å²) in [4.78, 5) is 4.83. The largest absolute Gasteiger partial charge is 0.379 e. The summed E-state index contributed by atoms with van der Waals surface area (Å²) in [6.07, 6.45) is 4.76. The van der Waals surface area contributed by atoms with Gasteiger partial charge in [-0.15, -0.1) is 24.0 Å². The summed E-state index contributed by atoms with van der Waals surface area (Å²) in [6, 6.07) is 10.8. The normalized spacial score (nSPS) is 21.1. The van der Waals surface area contributed by atoms with Gasteiger partial charge in [-0.3, -0.25) is 4.99 Å². The van der Waals surface area contributed by atoms with Gasteiger partial charge >= 0.3 is 0 Å². The Morgan fingerprint density at radius 3 is 2.73 bits per heavy atom. The Labute approximate surface area is 174 Å². The minimum absolute atomic E-state index is 0. The molecule has 1 aliphatic heterocycles. The van der Waals surface area contributed by atoms with Gasteiger partial charge in [0, 0.05) is 31.7 Å². The van der Waals surface area contributed by atoms with Crippen LogP contribution >= 0.6 is 24.0 Å². The first-order chi connectivity index (χ1) is 12.3. The molecule has 146 valence electrons. The molecule has 1 unspecified atom stereocenters. The van der Waals surface area contributed by atoms with Crippen LogP contribution in [0.2, 0.25) is 0 Å². The standard InChI is InChI=1S/C20H31N3O2.HI/c1-2-21-19(22-12-6-13-25-18-9-14-24-15-18)23-16-20(10-11-20)17-7-4-3-5-8-17;/h3-5,7-8,18H,2,6,9-16H2,1H3,(H2,21,22,23);1H. The lowest BCUT2D eigenvalue weighted by molar-refractivity contribution is 0.0420. The zero-order valence-electron chi connectivity index (χ0n) is 15.7. The van der Waals surface area contributed by atoms with Crippen LogP contribution in [0.25, 0.3) is 0 Å². The number of guanidine groups is 1. The lowest BCUT2D eigenvalue weighted by Gasteiger charge is -2.16. The second-order valence-corrected chi connectivity index (χ2v) is 6.98. The van der Waals surface area contributed by atoms with Crippen LogP contribution in [0.15, 0.2) is 35.3 Å². The van der Waals surface area contributed by atoms with E-state index in [4.69, 9.17) is 14.5 Å². The summed E-state index contributed by atoms with van der Waals surface area (Å²) in [5, 5.41) is 6.77. The van der Waals surface area contributed by atoms with Gasteiger partial charge in [0.1, 0.15) is 0 Å². The van der Waals surface area contributed by atoms with Crippen LogP contribution in [0.5, 0.6) is 0 Å². The maximum atomic E-state index is 5.80. The molecular weight excluding hydrogens is 441 g/mol. The molecule has 1 heterocycles. The van der Waals surface area contributed by atoms with Gasteiger partial charge in [-0.1, -0.05) is 30.3 Å². The van der Waals surface area contributed by atoms with Gasteiger partial charge in [0.2, 0.25) is 0 Å². The Kier molecular flexibility index (Phi) is 9.15.